The Balaban J connectivity index is 1.64. The minimum atomic E-state index is 0.0916. The van der Waals surface area contributed by atoms with E-state index in [2.05, 4.69) is 53.5 Å². The van der Waals surface area contributed by atoms with E-state index in [1.807, 2.05) is 6.07 Å². The molecule has 1 saturated heterocycles. The fourth-order valence-electron chi connectivity index (χ4n) is 3.43. The third-order valence-corrected chi connectivity index (χ3v) is 5.25. The number of hydrogen-bond donors (Lipinski definition) is 1. The number of piperidine rings is 1. The lowest BCUT2D eigenvalue weighted by atomic mass is 10.0. The van der Waals surface area contributed by atoms with Crippen LogP contribution in [0.15, 0.2) is 30.3 Å². The molecule has 1 aliphatic heterocycles. The molecule has 1 N–H and O–H groups in total. The van der Waals surface area contributed by atoms with E-state index in [1.54, 1.807) is 0 Å². The minimum Gasteiger partial charge on any atom is -0.348 e. The van der Waals surface area contributed by atoms with E-state index < -0.39 is 0 Å². The van der Waals surface area contributed by atoms with Crippen LogP contribution < -0.4 is 5.32 Å². The Hall–Kier alpha value is -1.39. The monoisotopic (exact) mass is 315 g/mol. The highest BCUT2D eigenvalue weighted by Crippen LogP contribution is 2.30. The van der Waals surface area contributed by atoms with Crippen molar-refractivity contribution in [2.75, 3.05) is 33.7 Å². The van der Waals surface area contributed by atoms with Crippen LogP contribution in [0, 0.1) is 5.92 Å². The molecule has 23 heavy (non-hydrogen) atoms. The van der Waals surface area contributed by atoms with Crippen LogP contribution in [-0.2, 0) is 4.79 Å². The Labute approximate surface area is 139 Å². The van der Waals surface area contributed by atoms with Gasteiger partial charge >= 0.3 is 0 Å². The topological polar surface area (TPSA) is 35.6 Å². The smallest absolute Gasteiger partial charge is 0.223 e. The fourth-order valence-corrected chi connectivity index (χ4v) is 3.43. The number of likely N-dealkylation sites (N-methyl/N-ethyl adjacent to an activating group) is 1. The van der Waals surface area contributed by atoms with E-state index in [0.717, 1.165) is 19.4 Å². The molecule has 126 valence electrons. The molecule has 4 heteroatoms. The molecule has 1 atom stereocenters. The Kier molecular flexibility index (Phi) is 5.34. The van der Waals surface area contributed by atoms with Crippen LogP contribution in [0.4, 0.5) is 0 Å². The SMILES string of the molecule is CN1CCC(N(C)C[C@@H](NC(=O)C2CC2)c2ccccc2)CC1. The lowest BCUT2D eigenvalue weighted by molar-refractivity contribution is -0.123. The molecule has 1 heterocycles. The van der Waals surface area contributed by atoms with E-state index in [-0.39, 0.29) is 17.9 Å². The average molecular weight is 315 g/mol. The van der Waals surface area contributed by atoms with Gasteiger partial charge in [0.15, 0.2) is 0 Å². The molecule has 0 radical (unpaired) electrons. The summed E-state index contributed by atoms with van der Waals surface area (Å²) < 4.78 is 0. The third kappa shape index (κ3) is 4.55. The van der Waals surface area contributed by atoms with Gasteiger partial charge in [-0.1, -0.05) is 30.3 Å². The number of carbonyl (C=O) groups is 1. The molecule has 1 amide bonds. The molecule has 1 saturated carbocycles. The highest BCUT2D eigenvalue weighted by Gasteiger charge is 2.32. The molecule has 1 aromatic rings. The van der Waals surface area contributed by atoms with Gasteiger partial charge in [-0.25, -0.2) is 0 Å². The first-order chi connectivity index (χ1) is 11.1. The van der Waals surface area contributed by atoms with Gasteiger partial charge in [-0.15, -0.1) is 0 Å². The van der Waals surface area contributed by atoms with Crippen LogP contribution in [0.1, 0.15) is 37.3 Å². The summed E-state index contributed by atoms with van der Waals surface area (Å²) in [5.74, 6) is 0.491. The van der Waals surface area contributed by atoms with Crippen LogP contribution in [0.2, 0.25) is 0 Å². The summed E-state index contributed by atoms with van der Waals surface area (Å²) in [6, 6.07) is 11.1. The molecule has 1 aromatic carbocycles. The summed E-state index contributed by atoms with van der Waals surface area (Å²) in [7, 11) is 4.40. The summed E-state index contributed by atoms with van der Waals surface area (Å²) >= 11 is 0. The number of carbonyl (C=O) groups excluding carboxylic acids is 1. The number of benzene rings is 1. The molecule has 2 aliphatic rings. The van der Waals surface area contributed by atoms with Gasteiger partial charge in [-0.05, 0) is 58.4 Å². The summed E-state index contributed by atoms with van der Waals surface area (Å²) in [6.07, 6.45) is 4.53. The lowest BCUT2D eigenvalue weighted by Gasteiger charge is -2.37. The maximum Gasteiger partial charge on any atom is 0.223 e. The first-order valence-corrected chi connectivity index (χ1v) is 8.87. The van der Waals surface area contributed by atoms with Gasteiger partial charge in [0.25, 0.3) is 0 Å². The van der Waals surface area contributed by atoms with Gasteiger partial charge in [-0.2, -0.15) is 0 Å². The number of nitrogens with zero attached hydrogens (tertiary/aromatic N) is 2. The largest absolute Gasteiger partial charge is 0.348 e. The Morgan fingerprint density at radius 3 is 2.48 bits per heavy atom. The van der Waals surface area contributed by atoms with Crippen molar-refractivity contribution in [1.29, 1.82) is 0 Å². The predicted octanol–water partition coefficient (Wildman–Crippen LogP) is 2.28. The highest BCUT2D eigenvalue weighted by molar-refractivity contribution is 5.81. The van der Waals surface area contributed by atoms with Crippen LogP contribution in [-0.4, -0.2) is 55.5 Å². The molecule has 1 aliphatic carbocycles. The standard InChI is InChI=1S/C19H29N3O/c1-21-12-10-17(11-13-21)22(2)14-18(15-6-4-3-5-7-15)20-19(23)16-8-9-16/h3-7,16-18H,8-14H2,1-2H3,(H,20,23)/t18-/m1/s1. The Bertz CT molecular complexity index is 507. The van der Waals surface area contributed by atoms with Crippen molar-refractivity contribution in [3.05, 3.63) is 35.9 Å². The van der Waals surface area contributed by atoms with E-state index >= 15 is 0 Å². The molecule has 0 unspecified atom stereocenters. The third-order valence-electron chi connectivity index (χ3n) is 5.25. The second kappa shape index (κ2) is 7.45. The first kappa shape index (κ1) is 16.5. The zero-order valence-electron chi connectivity index (χ0n) is 14.4. The fraction of sp³-hybridized carbons (Fsp3) is 0.632. The molecule has 3 rings (SSSR count). The Morgan fingerprint density at radius 2 is 1.87 bits per heavy atom. The van der Waals surface area contributed by atoms with Crippen LogP contribution in [0.25, 0.3) is 0 Å². The number of amides is 1. The van der Waals surface area contributed by atoms with Gasteiger partial charge in [0.2, 0.25) is 5.91 Å². The Morgan fingerprint density at radius 1 is 1.22 bits per heavy atom. The van der Waals surface area contributed by atoms with Crippen molar-refractivity contribution in [2.45, 2.75) is 37.8 Å². The molecule has 4 nitrogen and oxygen atoms in total. The molecular formula is C19H29N3O. The van der Waals surface area contributed by atoms with Gasteiger partial charge in [0.1, 0.15) is 0 Å². The zero-order valence-corrected chi connectivity index (χ0v) is 14.4. The maximum absolute atomic E-state index is 12.3. The van der Waals surface area contributed by atoms with Gasteiger partial charge < -0.3 is 15.1 Å². The maximum atomic E-state index is 12.3. The molecule has 2 fully saturated rings. The lowest BCUT2D eigenvalue weighted by Crippen LogP contribution is -2.45. The second-order valence-electron chi connectivity index (χ2n) is 7.22. The van der Waals surface area contributed by atoms with Gasteiger partial charge in [-0.3, -0.25) is 4.79 Å². The van der Waals surface area contributed by atoms with Gasteiger partial charge in [0.05, 0.1) is 6.04 Å². The minimum absolute atomic E-state index is 0.0916. The number of hydrogen-bond acceptors (Lipinski definition) is 3. The summed E-state index contributed by atoms with van der Waals surface area (Å²) in [6.45, 7) is 3.22. The summed E-state index contributed by atoms with van der Waals surface area (Å²) in [5, 5.41) is 3.28. The average Bonchev–Trinajstić information content (AvgIpc) is 3.40. The van der Waals surface area contributed by atoms with Gasteiger partial charge in [0, 0.05) is 18.5 Å². The molecule has 0 aromatic heterocycles. The van der Waals surface area contributed by atoms with E-state index in [0.29, 0.717) is 6.04 Å². The van der Waals surface area contributed by atoms with Crippen molar-refractivity contribution in [3.63, 3.8) is 0 Å². The van der Waals surface area contributed by atoms with E-state index in [4.69, 9.17) is 0 Å². The summed E-state index contributed by atoms with van der Waals surface area (Å²) in [5.41, 5.74) is 1.21. The number of nitrogens with one attached hydrogen (secondary N) is 1. The highest BCUT2D eigenvalue weighted by atomic mass is 16.2. The normalized spacial score (nSPS) is 21.3. The first-order valence-electron chi connectivity index (χ1n) is 8.87. The van der Waals surface area contributed by atoms with Crippen molar-refractivity contribution >= 4 is 5.91 Å². The van der Waals surface area contributed by atoms with Crippen LogP contribution in [0.5, 0.6) is 0 Å². The van der Waals surface area contributed by atoms with Crippen LogP contribution in [0.3, 0.4) is 0 Å². The second-order valence-corrected chi connectivity index (χ2v) is 7.22. The van der Waals surface area contributed by atoms with Crippen molar-refractivity contribution in [1.82, 2.24) is 15.1 Å². The number of likely N-dealkylation sites (tertiary alicyclic amines) is 1. The number of rotatable bonds is 6. The molecular weight excluding hydrogens is 286 g/mol. The summed E-state index contributed by atoms with van der Waals surface area (Å²) in [4.78, 5) is 17.1. The van der Waals surface area contributed by atoms with E-state index in [1.165, 1.54) is 31.5 Å². The quantitative estimate of drug-likeness (QED) is 0.875. The van der Waals surface area contributed by atoms with Crippen molar-refractivity contribution in [2.24, 2.45) is 5.92 Å². The molecule has 0 bridgehead atoms. The van der Waals surface area contributed by atoms with Crippen molar-refractivity contribution in [3.8, 4) is 0 Å². The van der Waals surface area contributed by atoms with E-state index in [9.17, 15) is 4.79 Å². The molecule has 0 spiro atoms. The predicted molar refractivity (Wildman–Crippen MR) is 93.2 cm³/mol. The van der Waals surface area contributed by atoms with Crippen molar-refractivity contribution < 1.29 is 4.79 Å². The zero-order chi connectivity index (χ0) is 16.2. The van der Waals surface area contributed by atoms with Crippen LogP contribution >= 0.6 is 0 Å².